The summed E-state index contributed by atoms with van der Waals surface area (Å²) in [4.78, 5) is 14.0. The lowest BCUT2D eigenvalue weighted by Crippen LogP contribution is -2.37. The molecule has 146 valence electrons. The van der Waals surface area contributed by atoms with Gasteiger partial charge in [-0.1, -0.05) is 5.16 Å². The molecule has 1 aromatic heterocycles. The molecule has 1 aliphatic rings. The van der Waals surface area contributed by atoms with E-state index in [9.17, 15) is 22.0 Å². The van der Waals surface area contributed by atoms with E-state index in [1.54, 1.807) is 6.92 Å². The van der Waals surface area contributed by atoms with Gasteiger partial charge in [-0.25, -0.2) is 17.2 Å². The molecule has 0 bridgehead atoms. The molecular formula is C17H19F2N3O4S. The summed E-state index contributed by atoms with van der Waals surface area (Å²) in [5, 5.41) is 3.69. The molecule has 0 spiro atoms. The first kappa shape index (κ1) is 19.4. The van der Waals surface area contributed by atoms with E-state index in [0.29, 0.717) is 13.0 Å². The fraction of sp³-hybridized carbons (Fsp3) is 0.412. The SMILES string of the molecule is Cc1noc(C)c1S(=O)(=O)N1CCCN(C(=O)c2ccc(F)c(F)c2)CC1. The Morgan fingerprint density at radius 2 is 1.85 bits per heavy atom. The van der Waals surface area contributed by atoms with Crippen molar-refractivity contribution < 1.29 is 26.5 Å². The summed E-state index contributed by atoms with van der Waals surface area (Å²) >= 11 is 0. The van der Waals surface area contributed by atoms with Crippen molar-refractivity contribution in [3.63, 3.8) is 0 Å². The Morgan fingerprint density at radius 3 is 2.48 bits per heavy atom. The topological polar surface area (TPSA) is 83.7 Å². The van der Waals surface area contributed by atoms with Crippen molar-refractivity contribution in [2.45, 2.75) is 25.2 Å². The Labute approximate surface area is 155 Å². The second kappa shape index (κ2) is 7.35. The number of rotatable bonds is 3. The van der Waals surface area contributed by atoms with Gasteiger partial charge in [0.25, 0.3) is 5.91 Å². The van der Waals surface area contributed by atoms with Crippen molar-refractivity contribution >= 4 is 15.9 Å². The molecule has 10 heteroatoms. The van der Waals surface area contributed by atoms with Crippen LogP contribution in [0.15, 0.2) is 27.6 Å². The van der Waals surface area contributed by atoms with Crippen LogP contribution in [-0.4, -0.2) is 54.9 Å². The van der Waals surface area contributed by atoms with Crippen molar-refractivity contribution in [3.8, 4) is 0 Å². The zero-order valence-corrected chi connectivity index (χ0v) is 15.7. The van der Waals surface area contributed by atoms with Gasteiger partial charge in [-0.15, -0.1) is 0 Å². The van der Waals surface area contributed by atoms with Gasteiger partial charge in [-0.05, 0) is 38.5 Å². The maximum absolute atomic E-state index is 13.4. The third-order valence-corrected chi connectivity index (χ3v) is 6.62. The van der Waals surface area contributed by atoms with Crippen LogP contribution in [0.2, 0.25) is 0 Å². The van der Waals surface area contributed by atoms with Crippen molar-refractivity contribution in [1.82, 2.24) is 14.4 Å². The average molecular weight is 399 g/mol. The number of halogens is 2. The molecule has 1 saturated heterocycles. The van der Waals surface area contributed by atoms with Crippen molar-refractivity contribution in [1.29, 1.82) is 0 Å². The summed E-state index contributed by atoms with van der Waals surface area (Å²) in [6, 6.07) is 2.96. The van der Waals surface area contributed by atoms with Crippen molar-refractivity contribution in [2.24, 2.45) is 0 Å². The Bertz CT molecular complexity index is 955. The fourth-order valence-corrected chi connectivity index (χ4v) is 4.88. The highest BCUT2D eigenvalue weighted by Crippen LogP contribution is 2.24. The maximum atomic E-state index is 13.4. The van der Waals surface area contributed by atoms with Crippen LogP contribution in [0.25, 0.3) is 0 Å². The summed E-state index contributed by atoms with van der Waals surface area (Å²) < 4.78 is 58.5. The van der Waals surface area contributed by atoms with Gasteiger partial charge in [0.05, 0.1) is 0 Å². The minimum absolute atomic E-state index is 0.0240. The van der Waals surface area contributed by atoms with E-state index in [2.05, 4.69) is 5.16 Å². The summed E-state index contributed by atoms with van der Waals surface area (Å²) in [6.07, 6.45) is 0.415. The van der Waals surface area contributed by atoms with E-state index < -0.39 is 27.6 Å². The smallest absolute Gasteiger partial charge is 0.254 e. The molecule has 1 amide bonds. The van der Waals surface area contributed by atoms with Crippen LogP contribution in [0.1, 0.15) is 28.2 Å². The van der Waals surface area contributed by atoms with Gasteiger partial charge >= 0.3 is 0 Å². The first-order valence-corrected chi connectivity index (χ1v) is 9.83. The van der Waals surface area contributed by atoms with Crippen LogP contribution < -0.4 is 0 Å². The van der Waals surface area contributed by atoms with Gasteiger partial charge in [-0.3, -0.25) is 4.79 Å². The standard InChI is InChI=1S/C17H19F2N3O4S/c1-11-16(12(2)26-20-11)27(24,25)22-7-3-6-21(8-9-22)17(23)13-4-5-14(18)15(19)10-13/h4-5,10H,3,6-9H2,1-2H3. The number of carbonyl (C=O) groups excluding carboxylic acids is 1. The molecule has 1 aromatic carbocycles. The number of sulfonamides is 1. The quantitative estimate of drug-likeness (QED) is 0.789. The van der Waals surface area contributed by atoms with Gasteiger partial charge in [0, 0.05) is 31.7 Å². The summed E-state index contributed by atoms with van der Waals surface area (Å²) in [5.74, 6) is -2.38. The third kappa shape index (κ3) is 3.72. The lowest BCUT2D eigenvalue weighted by atomic mass is 10.2. The summed E-state index contributed by atoms with van der Waals surface area (Å²) in [5.41, 5.74) is 0.308. The highest BCUT2D eigenvalue weighted by Gasteiger charge is 2.33. The highest BCUT2D eigenvalue weighted by atomic mass is 32.2. The van der Waals surface area contributed by atoms with E-state index in [1.807, 2.05) is 0 Å². The number of aryl methyl sites for hydroxylation is 2. The van der Waals surface area contributed by atoms with E-state index >= 15 is 0 Å². The van der Waals surface area contributed by atoms with Gasteiger partial charge in [0.15, 0.2) is 17.4 Å². The van der Waals surface area contributed by atoms with Crippen LogP contribution >= 0.6 is 0 Å². The monoisotopic (exact) mass is 399 g/mol. The van der Waals surface area contributed by atoms with Crippen LogP contribution in [-0.2, 0) is 10.0 Å². The molecule has 1 fully saturated rings. The zero-order chi connectivity index (χ0) is 19.8. The number of amides is 1. The fourth-order valence-electron chi connectivity index (χ4n) is 3.12. The molecule has 3 rings (SSSR count). The molecule has 0 aliphatic carbocycles. The van der Waals surface area contributed by atoms with Gasteiger partial charge in [0.1, 0.15) is 10.6 Å². The van der Waals surface area contributed by atoms with Crippen LogP contribution in [0.4, 0.5) is 8.78 Å². The number of hydrogen-bond donors (Lipinski definition) is 0. The largest absolute Gasteiger partial charge is 0.360 e. The Morgan fingerprint density at radius 1 is 1.11 bits per heavy atom. The lowest BCUT2D eigenvalue weighted by molar-refractivity contribution is 0.0763. The van der Waals surface area contributed by atoms with E-state index in [1.165, 1.54) is 22.2 Å². The molecule has 0 radical (unpaired) electrons. The lowest BCUT2D eigenvalue weighted by Gasteiger charge is -2.22. The average Bonchev–Trinajstić information content (AvgIpc) is 2.83. The van der Waals surface area contributed by atoms with E-state index in [-0.39, 0.29) is 41.5 Å². The second-order valence-electron chi connectivity index (χ2n) is 6.33. The Kier molecular flexibility index (Phi) is 5.29. The number of hydrogen-bond acceptors (Lipinski definition) is 5. The number of nitrogens with zero attached hydrogens (tertiary/aromatic N) is 3. The predicted molar refractivity (Wildman–Crippen MR) is 91.6 cm³/mol. The van der Waals surface area contributed by atoms with Gasteiger partial charge in [-0.2, -0.15) is 4.31 Å². The number of benzene rings is 1. The molecule has 7 nitrogen and oxygen atoms in total. The first-order valence-electron chi connectivity index (χ1n) is 8.39. The molecule has 27 heavy (non-hydrogen) atoms. The maximum Gasteiger partial charge on any atom is 0.254 e. The summed E-state index contributed by atoms with van der Waals surface area (Å²) in [7, 11) is -3.80. The molecular weight excluding hydrogens is 380 g/mol. The zero-order valence-electron chi connectivity index (χ0n) is 14.9. The van der Waals surface area contributed by atoms with Crippen molar-refractivity contribution in [3.05, 3.63) is 46.9 Å². The van der Waals surface area contributed by atoms with E-state index in [4.69, 9.17) is 4.52 Å². The predicted octanol–water partition coefficient (Wildman–Crippen LogP) is 2.11. The molecule has 2 heterocycles. The molecule has 0 atom stereocenters. The number of carbonyl (C=O) groups is 1. The second-order valence-corrected chi connectivity index (χ2v) is 8.21. The van der Waals surface area contributed by atoms with Crippen molar-refractivity contribution in [2.75, 3.05) is 26.2 Å². The van der Waals surface area contributed by atoms with E-state index in [0.717, 1.165) is 12.1 Å². The summed E-state index contributed by atoms with van der Waals surface area (Å²) in [6.45, 7) is 3.85. The first-order chi connectivity index (χ1) is 12.7. The van der Waals surface area contributed by atoms with Crippen LogP contribution in [0.3, 0.4) is 0 Å². The highest BCUT2D eigenvalue weighted by molar-refractivity contribution is 7.89. The van der Waals surface area contributed by atoms with Gasteiger partial charge < -0.3 is 9.42 Å². The van der Waals surface area contributed by atoms with Crippen LogP contribution in [0.5, 0.6) is 0 Å². The normalized spacial score (nSPS) is 16.4. The number of aromatic nitrogens is 1. The minimum atomic E-state index is -3.80. The molecule has 2 aromatic rings. The molecule has 0 saturated carbocycles. The molecule has 1 aliphatic heterocycles. The third-order valence-electron chi connectivity index (χ3n) is 4.47. The Hall–Kier alpha value is -2.33. The van der Waals surface area contributed by atoms with Crippen LogP contribution in [0, 0.1) is 25.5 Å². The van der Waals surface area contributed by atoms with Gasteiger partial charge in [0.2, 0.25) is 10.0 Å². The molecule has 0 N–H and O–H groups in total. The molecule has 0 unspecified atom stereocenters. The Balaban J connectivity index is 1.77. The minimum Gasteiger partial charge on any atom is -0.360 e.